The van der Waals surface area contributed by atoms with Crippen molar-refractivity contribution in [3.05, 3.63) is 95.8 Å². The van der Waals surface area contributed by atoms with Crippen molar-refractivity contribution in [2.24, 2.45) is 0 Å². The standard InChI is InChI=1S/C23H19FN2O4/c1-28-21-10-3-2-9-20(21)22-13-18(25-30-22)14-26(15-19-8-5-11-29-19)23(27)16-6-4-7-17(24)12-16/h2-13H,14-15H2,1H3. The number of rotatable bonds is 7. The molecule has 0 bridgehead atoms. The highest BCUT2D eigenvalue weighted by Gasteiger charge is 2.21. The lowest BCUT2D eigenvalue weighted by Crippen LogP contribution is -2.30. The van der Waals surface area contributed by atoms with Gasteiger partial charge in [-0.1, -0.05) is 23.4 Å². The monoisotopic (exact) mass is 406 g/mol. The molecule has 0 aliphatic rings. The van der Waals surface area contributed by atoms with Crippen LogP contribution in [0.1, 0.15) is 21.8 Å². The summed E-state index contributed by atoms with van der Waals surface area (Å²) in [6.07, 6.45) is 1.54. The number of ether oxygens (including phenoxy) is 1. The molecule has 0 fully saturated rings. The van der Waals surface area contributed by atoms with Crippen LogP contribution in [0.25, 0.3) is 11.3 Å². The molecule has 4 rings (SSSR count). The fourth-order valence-corrected chi connectivity index (χ4v) is 3.15. The van der Waals surface area contributed by atoms with E-state index in [0.717, 1.165) is 5.56 Å². The van der Waals surface area contributed by atoms with E-state index in [1.165, 1.54) is 29.4 Å². The van der Waals surface area contributed by atoms with Crippen LogP contribution in [-0.4, -0.2) is 23.1 Å². The Hall–Kier alpha value is -3.87. The van der Waals surface area contributed by atoms with Gasteiger partial charge in [0, 0.05) is 11.6 Å². The molecule has 0 atom stereocenters. The molecule has 0 saturated heterocycles. The van der Waals surface area contributed by atoms with Crippen molar-refractivity contribution >= 4 is 5.91 Å². The summed E-state index contributed by atoms with van der Waals surface area (Å²) in [7, 11) is 1.58. The summed E-state index contributed by atoms with van der Waals surface area (Å²) >= 11 is 0. The molecular weight excluding hydrogens is 387 g/mol. The van der Waals surface area contributed by atoms with Crippen molar-refractivity contribution in [1.82, 2.24) is 10.1 Å². The van der Waals surface area contributed by atoms with E-state index >= 15 is 0 Å². The third-order valence-corrected chi connectivity index (χ3v) is 4.57. The Morgan fingerprint density at radius 3 is 2.70 bits per heavy atom. The summed E-state index contributed by atoms with van der Waals surface area (Å²) in [5.74, 6) is 0.974. The molecule has 152 valence electrons. The highest BCUT2D eigenvalue weighted by atomic mass is 19.1. The molecule has 0 radical (unpaired) electrons. The summed E-state index contributed by atoms with van der Waals surface area (Å²) in [5.41, 5.74) is 1.55. The zero-order valence-electron chi connectivity index (χ0n) is 16.2. The fraction of sp³-hybridized carbons (Fsp3) is 0.130. The minimum Gasteiger partial charge on any atom is -0.496 e. The lowest BCUT2D eigenvalue weighted by Gasteiger charge is -2.20. The molecule has 0 unspecified atom stereocenters. The maximum atomic E-state index is 13.6. The average molecular weight is 406 g/mol. The summed E-state index contributed by atoms with van der Waals surface area (Å²) in [6.45, 7) is 0.369. The molecule has 7 heteroatoms. The van der Waals surface area contributed by atoms with Crippen molar-refractivity contribution in [2.75, 3.05) is 7.11 Å². The molecule has 0 aliphatic carbocycles. The second-order valence-corrected chi connectivity index (χ2v) is 6.63. The zero-order valence-corrected chi connectivity index (χ0v) is 16.2. The van der Waals surface area contributed by atoms with E-state index in [9.17, 15) is 9.18 Å². The van der Waals surface area contributed by atoms with Gasteiger partial charge >= 0.3 is 0 Å². The molecule has 6 nitrogen and oxygen atoms in total. The number of furan rings is 1. The summed E-state index contributed by atoms with van der Waals surface area (Å²) in [6, 6.07) is 18.3. The lowest BCUT2D eigenvalue weighted by atomic mass is 10.1. The molecule has 30 heavy (non-hydrogen) atoms. The third-order valence-electron chi connectivity index (χ3n) is 4.57. The van der Waals surface area contributed by atoms with Gasteiger partial charge in [-0.05, 0) is 42.5 Å². The molecule has 2 heterocycles. The summed E-state index contributed by atoms with van der Waals surface area (Å²) in [5, 5.41) is 4.10. The van der Waals surface area contributed by atoms with Gasteiger partial charge in [-0.15, -0.1) is 0 Å². The molecular formula is C23H19FN2O4. The van der Waals surface area contributed by atoms with Crippen LogP contribution in [0.4, 0.5) is 4.39 Å². The van der Waals surface area contributed by atoms with Gasteiger partial charge in [0.15, 0.2) is 5.76 Å². The van der Waals surface area contributed by atoms with E-state index in [1.54, 1.807) is 31.4 Å². The first-order chi connectivity index (χ1) is 14.6. The Morgan fingerprint density at radius 2 is 1.93 bits per heavy atom. The van der Waals surface area contributed by atoms with Gasteiger partial charge in [0.25, 0.3) is 5.91 Å². The first kappa shape index (κ1) is 19.4. The number of hydrogen-bond donors (Lipinski definition) is 0. The van der Waals surface area contributed by atoms with Crippen LogP contribution in [0, 0.1) is 5.82 Å². The number of aromatic nitrogens is 1. The van der Waals surface area contributed by atoms with E-state index < -0.39 is 5.82 Å². The van der Waals surface area contributed by atoms with Gasteiger partial charge in [0.05, 0.1) is 32.0 Å². The van der Waals surface area contributed by atoms with E-state index in [4.69, 9.17) is 13.7 Å². The summed E-state index contributed by atoms with van der Waals surface area (Å²) < 4.78 is 29.9. The number of benzene rings is 2. The second-order valence-electron chi connectivity index (χ2n) is 6.63. The first-order valence-corrected chi connectivity index (χ1v) is 9.30. The van der Waals surface area contributed by atoms with Gasteiger partial charge in [0.1, 0.15) is 23.0 Å². The minimum absolute atomic E-state index is 0.161. The molecule has 0 saturated carbocycles. The van der Waals surface area contributed by atoms with Gasteiger partial charge in [-0.2, -0.15) is 0 Å². The number of para-hydroxylation sites is 1. The number of amides is 1. The SMILES string of the molecule is COc1ccccc1-c1cc(CN(Cc2ccco2)C(=O)c2cccc(F)c2)no1. The Morgan fingerprint density at radius 1 is 1.07 bits per heavy atom. The Bertz CT molecular complexity index is 1140. The van der Waals surface area contributed by atoms with Crippen LogP contribution in [-0.2, 0) is 13.1 Å². The number of carbonyl (C=O) groups is 1. The third kappa shape index (κ3) is 4.25. The largest absolute Gasteiger partial charge is 0.496 e. The van der Waals surface area contributed by atoms with E-state index in [1.807, 2.05) is 24.3 Å². The van der Waals surface area contributed by atoms with Crippen molar-refractivity contribution in [3.8, 4) is 17.1 Å². The molecule has 4 aromatic rings. The topological polar surface area (TPSA) is 68.7 Å². The Kier molecular flexibility index (Phi) is 5.61. The van der Waals surface area contributed by atoms with Gasteiger partial charge < -0.3 is 18.6 Å². The minimum atomic E-state index is -0.473. The highest BCUT2D eigenvalue weighted by molar-refractivity contribution is 5.94. The molecule has 2 aromatic heterocycles. The predicted molar refractivity (Wildman–Crippen MR) is 107 cm³/mol. The second kappa shape index (κ2) is 8.65. The van der Waals surface area contributed by atoms with Crippen LogP contribution in [0.5, 0.6) is 5.75 Å². The molecule has 0 spiro atoms. The normalized spacial score (nSPS) is 10.7. The van der Waals surface area contributed by atoms with Gasteiger partial charge in [0.2, 0.25) is 0 Å². The predicted octanol–water partition coefficient (Wildman–Crippen LogP) is 4.92. The number of carbonyl (C=O) groups excluding carboxylic acids is 1. The van der Waals surface area contributed by atoms with Crippen LogP contribution >= 0.6 is 0 Å². The highest BCUT2D eigenvalue weighted by Crippen LogP contribution is 2.30. The van der Waals surface area contributed by atoms with E-state index in [0.29, 0.717) is 23.0 Å². The van der Waals surface area contributed by atoms with Crippen molar-refractivity contribution in [2.45, 2.75) is 13.1 Å². The maximum Gasteiger partial charge on any atom is 0.254 e. The first-order valence-electron chi connectivity index (χ1n) is 9.30. The van der Waals surface area contributed by atoms with E-state index in [-0.39, 0.29) is 24.6 Å². The Labute approximate surface area is 172 Å². The quantitative estimate of drug-likeness (QED) is 0.436. The van der Waals surface area contributed by atoms with Crippen LogP contribution in [0.3, 0.4) is 0 Å². The van der Waals surface area contributed by atoms with Gasteiger partial charge in [-0.3, -0.25) is 4.79 Å². The zero-order chi connectivity index (χ0) is 20.9. The number of methoxy groups -OCH3 is 1. The number of nitrogens with zero attached hydrogens (tertiary/aromatic N) is 2. The van der Waals surface area contributed by atoms with Crippen LogP contribution < -0.4 is 4.74 Å². The molecule has 2 aromatic carbocycles. The van der Waals surface area contributed by atoms with Crippen LogP contribution in [0.2, 0.25) is 0 Å². The molecule has 0 aliphatic heterocycles. The average Bonchev–Trinajstić information content (AvgIpc) is 3.45. The molecule has 1 amide bonds. The van der Waals surface area contributed by atoms with E-state index in [2.05, 4.69) is 5.16 Å². The van der Waals surface area contributed by atoms with Crippen molar-refractivity contribution < 1.29 is 22.9 Å². The number of hydrogen-bond acceptors (Lipinski definition) is 5. The maximum absolute atomic E-state index is 13.6. The fourth-order valence-electron chi connectivity index (χ4n) is 3.15. The van der Waals surface area contributed by atoms with Crippen molar-refractivity contribution in [3.63, 3.8) is 0 Å². The summed E-state index contributed by atoms with van der Waals surface area (Å²) in [4.78, 5) is 14.6. The molecule has 0 N–H and O–H groups in total. The van der Waals surface area contributed by atoms with Crippen LogP contribution in [0.15, 0.2) is 81.9 Å². The van der Waals surface area contributed by atoms with Crippen molar-refractivity contribution in [1.29, 1.82) is 0 Å². The Balaban J connectivity index is 1.61. The lowest BCUT2D eigenvalue weighted by molar-refractivity contribution is 0.0713. The van der Waals surface area contributed by atoms with Gasteiger partial charge in [-0.25, -0.2) is 4.39 Å². The number of halogens is 1. The smallest absolute Gasteiger partial charge is 0.254 e.